The Balaban J connectivity index is 0.985. The Morgan fingerprint density at radius 3 is 1.45 bits per heavy atom. The third-order valence-electron chi connectivity index (χ3n) is 10.6. The van der Waals surface area contributed by atoms with Crippen LogP contribution < -0.4 is 0 Å². The molecule has 3 heterocycles. The molecule has 3 aromatic heterocycles. The van der Waals surface area contributed by atoms with Crippen molar-refractivity contribution in [1.82, 2.24) is 19.9 Å². The minimum atomic E-state index is 0.571. The van der Waals surface area contributed by atoms with Gasteiger partial charge in [0.05, 0.1) is 0 Å². The number of furan rings is 1. The van der Waals surface area contributed by atoms with Crippen molar-refractivity contribution in [2.24, 2.45) is 0 Å². The molecule has 0 radical (unpaired) electrons. The van der Waals surface area contributed by atoms with E-state index in [0.29, 0.717) is 23.4 Å². The van der Waals surface area contributed by atoms with E-state index in [1.54, 1.807) is 0 Å². The van der Waals surface area contributed by atoms with Gasteiger partial charge in [0.1, 0.15) is 16.7 Å². The predicted octanol–water partition coefficient (Wildman–Crippen LogP) is 13.6. The molecule has 0 bridgehead atoms. The zero-order chi connectivity index (χ0) is 38.4. The molecule has 0 N–H and O–H groups in total. The Bertz CT molecular complexity index is 3250. The van der Waals surface area contributed by atoms with Crippen LogP contribution in [0, 0.1) is 0 Å². The molecule has 0 amide bonds. The Labute approximate surface area is 333 Å². The summed E-state index contributed by atoms with van der Waals surface area (Å²) >= 11 is 0. The minimum Gasteiger partial charge on any atom is -0.456 e. The molecule has 6 heteroatoms. The van der Waals surface area contributed by atoms with Gasteiger partial charge in [-0.05, 0) is 75.8 Å². The normalized spacial score (nSPS) is 11.4. The molecular formula is C52H32N4O2. The lowest BCUT2D eigenvalue weighted by molar-refractivity contribution is 0.620. The quantitative estimate of drug-likeness (QED) is 0.162. The van der Waals surface area contributed by atoms with Gasteiger partial charge in [-0.1, -0.05) is 152 Å². The van der Waals surface area contributed by atoms with E-state index in [1.807, 2.05) is 78.9 Å². The van der Waals surface area contributed by atoms with Gasteiger partial charge in [0.15, 0.2) is 23.1 Å². The molecule has 0 saturated carbocycles. The van der Waals surface area contributed by atoms with Gasteiger partial charge in [0.2, 0.25) is 5.89 Å². The number of fused-ring (bicyclic) bond motifs is 4. The van der Waals surface area contributed by atoms with E-state index in [1.165, 1.54) is 5.56 Å². The summed E-state index contributed by atoms with van der Waals surface area (Å²) in [5, 5.41) is 1.91. The van der Waals surface area contributed by atoms with Crippen LogP contribution in [0.4, 0.5) is 0 Å². The van der Waals surface area contributed by atoms with Gasteiger partial charge in [0, 0.05) is 33.0 Å². The summed E-state index contributed by atoms with van der Waals surface area (Å²) in [7, 11) is 0. The monoisotopic (exact) mass is 744 g/mol. The molecule has 272 valence electrons. The maximum atomic E-state index is 6.45. The van der Waals surface area contributed by atoms with Gasteiger partial charge >= 0.3 is 0 Å². The van der Waals surface area contributed by atoms with Crippen LogP contribution in [-0.2, 0) is 0 Å². The maximum absolute atomic E-state index is 6.45. The van der Waals surface area contributed by atoms with Crippen LogP contribution in [-0.4, -0.2) is 19.9 Å². The maximum Gasteiger partial charge on any atom is 0.227 e. The summed E-state index contributed by atoms with van der Waals surface area (Å²) < 4.78 is 12.8. The number of hydrogen-bond acceptors (Lipinski definition) is 6. The third-order valence-corrected chi connectivity index (χ3v) is 10.6. The molecule has 58 heavy (non-hydrogen) atoms. The summed E-state index contributed by atoms with van der Waals surface area (Å²) in [4.78, 5) is 20.0. The Hall–Kier alpha value is -7.96. The molecule has 6 nitrogen and oxygen atoms in total. The lowest BCUT2D eigenvalue weighted by Gasteiger charge is -2.10. The van der Waals surface area contributed by atoms with E-state index in [0.717, 1.165) is 83.1 Å². The lowest BCUT2D eigenvalue weighted by atomic mass is 10.00. The molecule has 0 atom stereocenters. The van der Waals surface area contributed by atoms with Crippen LogP contribution in [0.2, 0.25) is 0 Å². The third kappa shape index (κ3) is 6.10. The van der Waals surface area contributed by atoms with Crippen LogP contribution >= 0.6 is 0 Å². The van der Waals surface area contributed by atoms with Crippen LogP contribution in [0.1, 0.15) is 0 Å². The number of nitrogens with zero attached hydrogens (tertiary/aromatic N) is 4. The topological polar surface area (TPSA) is 77.8 Å². The van der Waals surface area contributed by atoms with Gasteiger partial charge in [-0.3, -0.25) is 0 Å². The first-order valence-electron chi connectivity index (χ1n) is 19.2. The zero-order valence-electron chi connectivity index (χ0n) is 31.1. The number of aromatic nitrogens is 4. The highest BCUT2D eigenvalue weighted by Crippen LogP contribution is 2.39. The second kappa shape index (κ2) is 14.0. The molecule has 0 spiro atoms. The molecule has 8 aromatic carbocycles. The van der Waals surface area contributed by atoms with E-state index in [2.05, 4.69) is 115 Å². The highest BCUT2D eigenvalue weighted by atomic mass is 16.3. The van der Waals surface area contributed by atoms with Crippen molar-refractivity contribution in [1.29, 1.82) is 0 Å². The molecule has 0 aliphatic rings. The fraction of sp³-hybridized carbons (Fsp3) is 0. The fourth-order valence-corrected chi connectivity index (χ4v) is 7.64. The summed E-state index contributed by atoms with van der Waals surface area (Å²) in [6.45, 7) is 0. The van der Waals surface area contributed by atoms with Crippen LogP contribution in [0.3, 0.4) is 0 Å². The Morgan fingerprint density at radius 2 is 0.793 bits per heavy atom. The average Bonchev–Trinajstić information content (AvgIpc) is 3.91. The standard InChI is InChI=1S/C52H32N4O2/c1-4-11-33(12-5-1)35-19-23-38(24-20-35)50-54-49(37-15-8-3-9-16-37)55-51(56-50)42-17-10-18-46-48(42)43-31-40(28-30-45(43)57-46)41-27-29-44-47(32-41)58-52(53-44)39-25-21-36(22-26-39)34-13-6-2-7-14-34/h1-32H. The van der Waals surface area contributed by atoms with Crippen molar-refractivity contribution in [2.45, 2.75) is 0 Å². The Kier molecular flexibility index (Phi) is 8.04. The van der Waals surface area contributed by atoms with E-state index >= 15 is 0 Å². The number of oxazole rings is 1. The van der Waals surface area contributed by atoms with Crippen LogP contribution in [0.15, 0.2) is 203 Å². The van der Waals surface area contributed by atoms with Gasteiger partial charge in [0.25, 0.3) is 0 Å². The van der Waals surface area contributed by atoms with Crippen LogP contribution in [0.25, 0.3) is 112 Å². The molecule has 0 aliphatic heterocycles. The van der Waals surface area contributed by atoms with E-state index in [4.69, 9.17) is 28.8 Å². The SMILES string of the molecule is c1ccc(-c2ccc(-c3nc(-c4ccccc4)nc(-c4cccc5oc6ccc(-c7ccc8nc(-c9ccc(-c%10ccccc%10)cc9)oc8c7)cc6c45)n3)cc2)cc1. The molecule has 0 aliphatic carbocycles. The van der Waals surface area contributed by atoms with Crippen molar-refractivity contribution in [3.05, 3.63) is 194 Å². The van der Waals surface area contributed by atoms with E-state index < -0.39 is 0 Å². The minimum absolute atomic E-state index is 0.571. The van der Waals surface area contributed by atoms with Crippen LogP contribution in [0.5, 0.6) is 0 Å². The van der Waals surface area contributed by atoms with Gasteiger partial charge in [-0.25, -0.2) is 19.9 Å². The predicted molar refractivity (Wildman–Crippen MR) is 233 cm³/mol. The van der Waals surface area contributed by atoms with Gasteiger partial charge < -0.3 is 8.83 Å². The highest BCUT2D eigenvalue weighted by Gasteiger charge is 2.19. The summed E-state index contributed by atoms with van der Waals surface area (Å²) in [6.07, 6.45) is 0. The lowest BCUT2D eigenvalue weighted by Crippen LogP contribution is -2.00. The Morgan fingerprint density at radius 1 is 0.293 bits per heavy atom. The van der Waals surface area contributed by atoms with Crippen molar-refractivity contribution < 1.29 is 8.83 Å². The highest BCUT2D eigenvalue weighted by molar-refractivity contribution is 6.13. The largest absolute Gasteiger partial charge is 0.456 e. The number of rotatable bonds is 7. The van der Waals surface area contributed by atoms with Crippen molar-refractivity contribution in [3.63, 3.8) is 0 Å². The van der Waals surface area contributed by atoms with Gasteiger partial charge in [-0.15, -0.1) is 0 Å². The molecular weight excluding hydrogens is 713 g/mol. The van der Waals surface area contributed by atoms with E-state index in [9.17, 15) is 0 Å². The molecule has 0 unspecified atom stereocenters. The van der Waals surface area contributed by atoms with Crippen molar-refractivity contribution in [3.8, 4) is 79.0 Å². The summed E-state index contributed by atoms with van der Waals surface area (Å²) in [6, 6.07) is 65.9. The molecule has 0 fully saturated rings. The number of hydrogen-bond donors (Lipinski definition) is 0. The number of benzene rings is 8. The second-order valence-corrected chi connectivity index (χ2v) is 14.3. The summed E-state index contributed by atoms with van der Waals surface area (Å²) in [5.41, 5.74) is 13.3. The average molecular weight is 745 g/mol. The van der Waals surface area contributed by atoms with Crippen molar-refractivity contribution >= 4 is 33.0 Å². The van der Waals surface area contributed by atoms with E-state index in [-0.39, 0.29) is 0 Å². The molecule has 0 saturated heterocycles. The molecule has 11 aromatic rings. The molecule has 11 rings (SSSR count). The van der Waals surface area contributed by atoms with Crippen molar-refractivity contribution in [2.75, 3.05) is 0 Å². The second-order valence-electron chi connectivity index (χ2n) is 14.3. The smallest absolute Gasteiger partial charge is 0.227 e. The van der Waals surface area contributed by atoms with Gasteiger partial charge in [-0.2, -0.15) is 0 Å². The summed E-state index contributed by atoms with van der Waals surface area (Å²) in [5.74, 6) is 2.36. The zero-order valence-corrected chi connectivity index (χ0v) is 31.1. The first kappa shape index (κ1) is 33.4. The first-order valence-corrected chi connectivity index (χ1v) is 19.2. The fourth-order valence-electron chi connectivity index (χ4n) is 7.64. The first-order chi connectivity index (χ1) is 28.7.